The first-order valence-corrected chi connectivity index (χ1v) is 7.29. The molecule has 1 aromatic heterocycles. The van der Waals surface area contributed by atoms with E-state index in [0.29, 0.717) is 25.9 Å². The number of aliphatic hydroxyl groups is 1. The minimum atomic E-state index is -0.664. The first-order chi connectivity index (χ1) is 8.90. The average molecular weight is 266 g/mol. The molecule has 2 heterocycles. The van der Waals surface area contributed by atoms with E-state index in [-0.39, 0.29) is 5.60 Å². The summed E-state index contributed by atoms with van der Waals surface area (Å²) in [5.41, 5.74) is 1.29. The van der Waals surface area contributed by atoms with Gasteiger partial charge in [0.15, 0.2) is 0 Å². The van der Waals surface area contributed by atoms with Gasteiger partial charge >= 0.3 is 0 Å². The maximum atomic E-state index is 10.9. The van der Waals surface area contributed by atoms with Gasteiger partial charge in [0.25, 0.3) is 0 Å². The highest BCUT2D eigenvalue weighted by molar-refractivity contribution is 5.13. The summed E-state index contributed by atoms with van der Waals surface area (Å²) in [6.07, 6.45) is 3.00. The molecule has 1 fully saturated rings. The maximum absolute atomic E-state index is 10.9. The van der Waals surface area contributed by atoms with Gasteiger partial charge in [-0.2, -0.15) is 5.10 Å². The molecule has 1 aliphatic rings. The predicted octanol–water partition coefficient (Wildman–Crippen LogP) is 2.46. The molecule has 0 saturated carbocycles. The summed E-state index contributed by atoms with van der Waals surface area (Å²) in [6.45, 7) is 9.78. The molecule has 2 rings (SSSR count). The van der Waals surface area contributed by atoms with Crippen LogP contribution in [0.2, 0.25) is 0 Å². The summed E-state index contributed by atoms with van der Waals surface area (Å²) >= 11 is 0. The monoisotopic (exact) mass is 266 g/mol. The van der Waals surface area contributed by atoms with Gasteiger partial charge < -0.3 is 9.84 Å². The van der Waals surface area contributed by atoms with Gasteiger partial charge in [-0.25, -0.2) is 0 Å². The van der Waals surface area contributed by atoms with E-state index in [1.165, 1.54) is 0 Å². The lowest BCUT2D eigenvalue weighted by Gasteiger charge is -2.43. The van der Waals surface area contributed by atoms with Gasteiger partial charge in [0, 0.05) is 25.1 Å². The quantitative estimate of drug-likeness (QED) is 0.910. The van der Waals surface area contributed by atoms with E-state index >= 15 is 0 Å². The highest BCUT2D eigenvalue weighted by Gasteiger charge is 2.41. The van der Waals surface area contributed by atoms with Gasteiger partial charge in [0.2, 0.25) is 0 Å². The van der Waals surface area contributed by atoms with E-state index in [2.05, 4.69) is 31.9 Å². The molecule has 1 aromatic rings. The van der Waals surface area contributed by atoms with Gasteiger partial charge in [0.05, 0.1) is 23.5 Å². The lowest BCUT2D eigenvalue weighted by atomic mass is 9.79. The third kappa shape index (κ3) is 3.18. The fourth-order valence-electron chi connectivity index (χ4n) is 3.05. The number of hydrogen-bond donors (Lipinski definition) is 1. The third-order valence-electron chi connectivity index (χ3n) is 4.26. The van der Waals surface area contributed by atoms with E-state index in [4.69, 9.17) is 4.74 Å². The van der Waals surface area contributed by atoms with Crippen molar-refractivity contribution in [1.29, 1.82) is 0 Å². The Morgan fingerprint density at radius 3 is 2.84 bits per heavy atom. The standard InChI is InChI=1S/C15H26N2O2/c1-5-14(4)11-15(18,7-8-19-14)10-13-9-12(3)16-17(13)6-2/h9,18H,5-8,10-11H2,1-4H3. The lowest BCUT2D eigenvalue weighted by Crippen LogP contribution is -2.48. The molecule has 1 aliphatic heterocycles. The van der Waals surface area contributed by atoms with Crippen LogP contribution in [0.15, 0.2) is 6.07 Å². The van der Waals surface area contributed by atoms with Gasteiger partial charge in [-0.1, -0.05) is 6.92 Å². The second-order valence-electron chi connectivity index (χ2n) is 6.07. The molecule has 0 bridgehead atoms. The average Bonchev–Trinajstić information content (AvgIpc) is 2.68. The van der Waals surface area contributed by atoms with Gasteiger partial charge in [0.1, 0.15) is 0 Å². The number of rotatable bonds is 4. The summed E-state index contributed by atoms with van der Waals surface area (Å²) in [6, 6.07) is 2.08. The molecular weight excluding hydrogens is 240 g/mol. The Hall–Kier alpha value is -0.870. The summed E-state index contributed by atoms with van der Waals surface area (Å²) < 4.78 is 7.82. The highest BCUT2D eigenvalue weighted by atomic mass is 16.5. The number of hydrogen-bond acceptors (Lipinski definition) is 3. The highest BCUT2D eigenvalue weighted by Crippen LogP contribution is 2.36. The van der Waals surface area contributed by atoms with Crippen molar-refractivity contribution < 1.29 is 9.84 Å². The van der Waals surface area contributed by atoms with E-state index in [1.807, 2.05) is 11.6 Å². The summed E-state index contributed by atoms with van der Waals surface area (Å²) in [4.78, 5) is 0. The molecule has 19 heavy (non-hydrogen) atoms. The van der Waals surface area contributed by atoms with Crippen molar-refractivity contribution in [3.63, 3.8) is 0 Å². The van der Waals surface area contributed by atoms with Gasteiger partial charge in [-0.15, -0.1) is 0 Å². The van der Waals surface area contributed by atoms with Crippen LogP contribution in [0, 0.1) is 6.92 Å². The molecule has 1 N–H and O–H groups in total. The van der Waals surface area contributed by atoms with Gasteiger partial charge in [-0.05, 0) is 39.7 Å². The zero-order chi connectivity index (χ0) is 14.1. The Morgan fingerprint density at radius 2 is 2.21 bits per heavy atom. The minimum Gasteiger partial charge on any atom is -0.389 e. The maximum Gasteiger partial charge on any atom is 0.0752 e. The molecule has 0 aromatic carbocycles. The van der Waals surface area contributed by atoms with E-state index in [9.17, 15) is 5.11 Å². The van der Waals surface area contributed by atoms with Crippen LogP contribution in [0.4, 0.5) is 0 Å². The second-order valence-corrected chi connectivity index (χ2v) is 6.07. The van der Waals surface area contributed by atoms with Crippen molar-refractivity contribution in [3.8, 4) is 0 Å². The zero-order valence-electron chi connectivity index (χ0n) is 12.6. The molecule has 0 amide bonds. The van der Waals surface area contributed by atoms with Crippen LogP contribution in [0.5, 0.6) is 0 Å². The van der Waals surface area contributed by atoms with Crippen molar-refractivity contribution in [2.24, 2.45) is 0 Å². The molecule has 0 spiro atoms. The number of ether oxygens (including phenoxy) is 1. The molecule has 108 valence electrons. The van der Waals surface area contributed by atoms with Crippen LogP contribution in [0.25, 0.3) is 0 Å². The molecular formula is C15H26N2O2. The number of aromatic nitrogens is 2. The van der Waals surface area contributed by atoms with Crippen molar-refractivity contribution in [2.75, 3.05) is 6.61 Å². The van der Waals surface area contributed by atoms with Crippen LogP contribution >= 0.6 is 0 Å². The fraction of sp³-hybridized carbons (Fsp3) is 0.800. The summed E-state index contributed by atoms with van der Waals surface area (Å²) in [5, 5.41) is 15.4. The van der Waals surface area contributed by atoms with E-state index in [1.54, 1.807) is 0 Å². The molecule has 1 saturated heterocycles. The number of nitrogens with zero attached hydrogens (tertiary/aromatic N) is 2. The fourth-order valence-corrected chi connectivity index (χ4v) is 3.05. The zero-order valence-corrected chi connectivity index (χ0v) is 12.6. The van der Waals surface area contributed by atoms with Crippen LogP contribution < -0.4 is 0 Å². The molecule has 0 radical (unpaired) electrons. The smallest absolute Gasteiger partial charge is 0.0752 e. The Labute approximate surface area is 115 Å². The van der Waals surface area contributed by atoms with Crippen molar-refractivity contribution in [2.45, 2.75) is 71.1 Å². The Bertz CT molecular complexity index is 443. The minimum absolute atomic E-state index is 0.195. The molecule has 2 unspecified atom stereocenters. The Balaban J connectivity index is 2.16. The number of aryl methyl sites for hydroxylation is 2. The lowest BCUT2D eigenvalue weighted by molar-refractivity contribution is -0.153. The molecule has 4 nitrogen and oxygen atoms in total. The topological polar surface area (TPSA) is 47.3 Å². The van der Waals surface area contributed by atoms with E-state index < -0.39 is 5.60 Å². The van der Waals surface area contributed by atoms with Crippen LogP contribution in [-0.2, 0) is 17.7 Å². The SMILES string of the molecule is CCn1nc(C)cc1CC1(O)CCOC(C)(CC)C1. The van der Waals surface area contributed by atoms with Crippen molar-refractivity contribution in [3.05, 3.63) is 17.5 Å². The van der Waals surface area contributed by atoms with Gasteiger partial charge in [-0.3, -0.25) is 4.68 Å². The summed E-state index contributed by atoms with van der Waals surface area (Å²) in [7, 11) is 0. The first kappa shape index (κ1) is 14.5. The molecule has 0 aliphatic carbocycles. The van der Waals surface area contributed by atoms with Crippen molar-refractivity contribution >= 4 is 0 Å². The van der Waals surface area contributed by atoms with Crippen LogP contribution in [-0.4, -0.2) is 32.7 Å². The predicted molar refractivity (Wildman–Crippen MR) is 75.2 cm³/mol. The Kier molecular flexibility index (Phi) is 4.02. The summed E-state index contributed by atoms with van der Waals surface area (Å²) in [5.74, 6) is 0. The third-order valence-corrected chi connectivity index (χ3v) is 4.26. The first-order valence-electron chi connectivity index (χ1n) is 7.29. The molecule has 4 heteroatoms. The van der Waals surface area contributed by atoms with E-state index in [0.717, 1.165) is 24.4 Å². The normalized spacial score (nSPS) is 31.6. The van der Waals surface area contributed by atoms with Crippen LogP contribution in [0.1, 0.15) is 51.4 Å². The van der Waals surface area contributed by atoms with Crippen molar-refractivity contribution in [1.82, 2.24) is 9.78 Å². The largest absolute Gasteiger partial charge is 0.389 e. The second kappa shape index (κ2) is 5.25. The van der Waals surface area contributed by atoms with Crippen LogP contribution in [0.3, 0.4) is 0 Å². The Morgan fingerprint density at radius 1 is 1.47 bits per heavy atom. The molecule has 2 atom stereocenters.